The minimum atomic E-state index is 0.658. The zero-order valence-corrected chi connectivity index (χ0v) is 12.9. The Morgan fingerprint density at radius 1 is 1.28 bits per heavy atom. The van der Waals surface area contributed by atoms with Crippen LogP contribution in [0, 0.1) is 0 Å². The summed E-state index contributed by atoms with van der Waals surface area (Å²) in [5, 5.41) is 4.10. The van der Waals surface area contributed by atoms with E-state index in [4.69, 9.17) is 21.1 Å². The molecule has 1 aromatic rings. The van der Waals surface area contributed by atoms with Gasteiger partial charge in [-0.2, -0.15) is 0 Å². The van der Waals surface area contributed by atoms with Gasteiger partial charge in [0.05, 0.1) is 18.2 Å². The molecule has 0 unspecified atom stereocenters. The second kappa shape index (κ2) is 9.75. The molecule has 0 atom stereocenters. The van der Waals surface area contributed by atoms with Crippen LogP contribution in [0.1, 0.15) is 12.0 Å². The second-order valence-electron chi connectivity index (χ2n) is 3.88. The van der Waals surface area contributed by atoms with Crippen molar-refractivity contribution >= 4 is 27.5 Å². The summed E-state index contributed by atoms with van der Waals surface area (Å²) in [6.45, 7) is 3.84. The molecule has 1 N–H and O–H groups in total. The molecule has 0 aliphatic heterocycles. The number of methoxy groups -OCH3 is 1. The molecule has 0 aliphatic carbocycles. The van der Waals surface area contributed by atoms with E-state index in [0.717, 1.165) is 35.6 Å². The van der Waals surface area contributed by atoms with E-state index in [1.807, 2.05) is 12.1 Å². The molecule has 1 aromatic carbocycles. The minimum Gasteiger partial charge on any atom is -0.382 e. The predicted octanol–water partition coefficient (Wildman–Crippen LogP) is 3.25. The normalized spacial score (nSPS) is 10.8. The SMILES string of the molecule is COCCOCCCNCc1ccc(Br)c(Cl)c1. The predicted molar refractivity (Wildman–Crippen MR) is 78.2 cm³/mol. The van der Waals surface area contributed by atoms with E-state index in [2.05, 4.69) is 27.3 Å². The summed E-state index contributed by atoms with van der Waals surface area (Å²) < 4.78 is 11.2. The summed E-state index contributed by atoms with van der Waals surface area (Å²) in [6, 6.07) is 5.99. The second-order valence-corrected chi connectivity index (χ2v) is 5.15. The first-order valence-electron chi connectivity index (χ1n) is 5.95. The van der Waals surface area contributed by atoms with Crippen LogP contribution in [0.25, 0.3) is 0 Å². The van der Waals surface area contributed by atoms with Gasteiger partial charge < -0.3 is 14.8 Å². The highest BCUT2D eigenvalue weighted by atomic mass is 79.9. The Morgan fingerprint density at radius 2 is 2.11 bits per heavy atom. The summed E-state index contributed by atoms with van der Waals surface area (Å²) in [4.78, 5) is 0. The lowest BCUT2D eigenvalue weighted by Crippen LogP contribution is -2.16. The standard InChI is InChI=1S/C13H19BrClNO2/c1-17-7-8-18-6-2-5-16-10-11-3-4-12(14)13(15)9-11/h3-4,9,16H,2,5-8,10H2,1H3. The van der Waals surface area contributed by atoms with Crippen LogP contribution in [0.3, 0.4) is 0 Å². The van der Waals surface area contributed by atoms with Crippen LogP contribution in [-0.4, -0.2) is 33.5 Å². The maximum atomic E-state index is 6.02. The third kappa shape index (κ3) is 6.71. The van der Waals surface area contributed by atoms with Crippen LogP contribution < -0.4 is 5.32 Å². The maximum absolute atomic E-state index is 6.02. The van der Waals surface area contributed by atoms with Crippen molar-refractivity contribution in [3.8, 4) is 0 Å². The largest absolute Gasteiger partial charge is 0.382 e. The maximum Gasteiger partial charge on any atom is 0.0700 e. The van der Waals surface area contributed by atoms with Gasteiger partial charge in [-0.1, -0.05) is 17.7 Å². The molecule has 0 saturated heterocycles. The van der Waals surface area contributed by atoms with E-state index in [0.29, 0.717) is 13.2 Å². The lowest BCUT2D eigenvalue weighted by Gasteiger charge is -2.07. The van der Waals surface area contributed by atoms with Crippen molar-refractivity contribution in [2.24, 2.45) is 0 Å². The van der Waals surface area contributed by atoms with Crippen molar-refractivity contribution < 1.29 is 9.47 Å². The summed E-state index contributed by atoms with van der Waals surface area (Å²) in [6.07, 6.45) is 0.994. The van der Waals surface area contributed by atoms with E-state index in [9.17, 15) is 0 Å². The number of hydrogen-bond acceptors (Lipinski definition) is 3. The third-order valence-corrected chi connectivity index (χ3v) is 3.62. The minimum absolute atomic E-state index is 0.658. The molecule has 1 rings (SSSR count). The molecular weight excluding hydrogens is 318 g/mol. The Hall–Kier alpha value is -0.130. The number of rotatable bonds is 9. The van der Waals surface area contributed by atoms with Crippen molar-refractivity contribution in [2.75, 3.05) is 33.5 Å². The van der Waals surface area contributed by atoms with Crippen molar-refractivity contribution in [1.29, 1.82) is 0 Å². The van der Waals surface area contributed by atoms with Crippen LogP contribution in [0.5, 0.6) is 0 Å². The third-order valence-electron chi connectivity index (χ3n) is 2.39. The van der Waals surface area contributed by atoms with Crippen LogP contribution in [-0.2, 0) is 16.0 Å². The average molecular weight is 337 g/mol. The molecule has 0 amide bonds. The Morgan fingerprint density at radius 3 is 2.83 bits per heavy atom. The van der Waals surface area contributed by atoms with E-state index < -0.39 is 0 Å². The first-order chi connectivity index (χ1) is 8.74. The molecule has 3 nitrogen and oxygen atoms in total. The lowest BCUT2D eigenvalue weighted by molar-refractivity contribution is 0.0695. The highest BCUT2D eigenvalue weighted by Crippen LogP contribution is 2.22. The number of ether oxygens (including phenoxy) is 2. The van der Waals surface area contributed by atoms with Crippen molar-refractivity contribution in [3.63, 3.8) is 0 Å². The van der Waals surface area contributed by atoms with Crippen LogP contribution in [0.15, 0.2) is 22.7 Å². The quantitative estimate of drug-likeness (QED) is 0.702. The van der Waals surface area contributed by atoms with Gasteiger partial charge >= 0.3 is 0 Å². The Kier molecular flexibility index (Phi) is 8.63. The monoisotopic (exact) mass is 335 g/mol. The van der Waals surface area contributed by atoms with Gasteiger partial charge in [0.15, 0.2) is 0 Å². The molecule has 18 heavy (non-hydrogen) atoms. The van der Waals surface area contributed by atoms with Gasteiger partial charge in [-0.3, -0.25) is 0 Å². The van der Waals surface area contributed by atoms with Gasteiger partial charge in [0.1, 0.15) is 0 Å². The highest BCUT2D eigenvalue weighted by Gasteiger charge is 1.98. The Labute approximate surface area is 122 Å². The fourth-order valence-electron chi connectivity index (χ4n) is 1.43. The Bertz CT molecular complexity index is 350. The molecule has 5 heteroatoms. The van der Waals surface area contributed by atoms with Gasteiger partial charge in [0.2, 0.25) is 0 Å². The van der Waals surface area contributed by atoms with Crippen molar-refractivity contribution in [3.05, 3.63) is 33.3 Å². The van der Waals surface area contributed by atoms with Crippen LogP contribution >= 0.6 is 27.5 Å². The summed E-state index contributed by atoms with van der Waals surface area (Å²) in [5.41, 5.74) is 1.18. The molecule has 0 radical (unpaired) electrons. The number of benzene rings is 1. The van der Waals surface area contributed by atoms with Crippen LogP contribution in [0.4, 0.5) is 0 Å². The van der Waals surface area contributed by atoms with E-state index in [1.165, 1.54) is 5.56 Å². The molecule has 0 heterocycles. The molecule has 102 valence electrons. The number of halogens is 2. The first-order valence-corrected chi connectivity index (χ1v) is 7.12. The first kappa shape index (κ1) is 15.9. The number of hydrogen-bond donors (Lipinski definition) is 1. The lowest BCUT2D eigenvalue weighted by atomic mass is 10.2. The molecule has 0 bridgehead atoms. The highest BCUT2D eigenvalue weighted by molar-refractivity contribution is 9.10. The smallest absolute Gasteiger partial charge is 0.0700 e. The topological polar surface area (TPSA) is 30.5 Å². The molecule has 0 fully saturated rings. The van der Waals surface area contributed by atoms with E-state index in [-0.39, 0.29) is 0 Å². The molecule has 0 spiro atoms. The Balaban J connectivity index is 2.05. The zero-order chi connectivity index (χ0) is 13.2. The van der Waals surface area contributed by atoms with Gasteiger partial charge in [0.25, 0.3) is 0 Å². The molecule has 0 saturated carbocycles. The molecule has 0 aromatic heterocycles. The molecular formula is C13H19BrClNO2. The van der Waals surface area contributed by atoms with E-state index >= 15 is 0 Å². The van der Waals surface area contributed by atoms with Gasteiger partial charge in [-0.15, -0.1) is 0 Å². The summed E-state index contributed by atoms with van der Waals surface area (Å²) in [5.74, 6) is 0. The van der Waals surface area contributed by atoms with Gasteiger partial charge in [-0.05, 0) is 46.6 Å². The van der Waals surface area contributed by atoms with Gasteiger partial charge in [0, 0.05) is 24.7 Å². The summed E-state index contributed by atoms with van der Waals surface area (Å²) >= 11 is 9.39. The average Bonchev–Trinajstić information content (AvgIpc) is 2.37. The molecule has 0 aliphatic rings. The summed E-state index contributed by atoms with van der Waals surface area (Å²) in [7, 11) is 1.67. The fraction of sp³-hybridized carbons (Fsp3) is 0.538. The number of nitrogens with one attached hydrogen (secondary N) is 1. The van der Waals surface area contributed by atoms with Gasteiger partial charge in [-0.25, -0.2) is 0 Å². The zero-order valence-electron chi connectivity index (χ0n) is 10.5. The van der Waals surface area contributed by atoms with Crippen molar-refractivity contribution in [2.45, 2.75) is 13.0 Å². The van der Waals surface area contributed by atoms with Crippen LogP contribution in [0.2, 0.25) is 5.02 Å². The fourth-order valence-corrected chi connectivity index (χ4v) is 1.88. The van der Waals surface area contributed by atoms with E-state index in [1.54, 1.807) is 7.11 Å². The van der Waals surface area contributed by atoms with Crippen molar-refractivity contribution in [1.82, 2.24) is 5.32 Å².